The molecule has 5 heteroatoms. The van der Waals surface area contributed by atoms with Crippen LogP contribution in [0, 0.1) is 11.3 Å². The molecule has 0 atom stereocenters. The smallest absolute Gasteiger partial charge is 0.305 e. The topological polar surface area (TPSA) is 66.2 Å². The van der Waals surface area contributed by atoms with Gasteiger partial charge in [-0.25, -0.2) is 4.98 Å². The molecular weight excluding hydrogens is 218 g/mol. The minimum Gasteiger partial charge on any atom is -0.469 e. The van der Waals surface area contributed by atoms with Crippen molar-refractivity contribution in [1.29, 1.82) is 5.26 Å². The number of aromatic nitrogens is 1. The Morgan fingerprint density at radius 1 is 1.59 bits per heavy atom. The van der Waals surface area contributed by atoms with Crippen LogP contribution in [0.1, 0.15) is 18.4 Å². The summed E-state index contributed by atoms with van der Waals surface area (Å²) in [7, 11) is 3.28. The molecule has 0 amide bonds. The number of carbonyl (C=O) groups excluding carboxylic acids is 1. The predicted octanol–water partition coefficient (Wildman–Crippen LogP) is 1.34. The van der Waals surface area contributed by atoms with Crippen LogP contribution in [0.25, 0.3) is 0 Å². The Labute approximate surface area is 101 Å². The minimum absolute atomic E-state index is 0.203. The number of ether oxygens (including phenoxy) is 1. The van der Waals surface area contributed by atoms with Crippen LogP contribution < -0.4 is 4.90 Å². The van der Waals surface area contributed by atoms with Crippen LogP contribution in [-0.2, 0) is 9.53 Å². The fourth-order valence-electron chi connectivity index (χ4n) is 1.36. The molecule has 17 heavy (non-hydrogen) atoms. The van der Waals surface area contributed by atoms with Crippen LogP contribution in [0.2, 0.25) is 0 Å². The first kappa shape index (κ1) is 13.0. The zero-order valence-electron chi connectivity index (χ0n) is 10.0. The molecule has 1 heterocycles. The summed E-state index contributed by atoms with van der Waals surface area (Å²) in [6.45, 7) is 0.716. The van der Waals surface area contributed by atoms with Crippen molar-refractivity contribution < 1.29 is 9.53 Å². The van der Waals surface area contributed by atoms with E-state index in [1.807, 2.05) is 18.0 Å². The Bertz CT molecular complexity index is 409. The van der Waals surface area contributed by atoms with Crippen LogP contribution >= 0.6 is 0 Å². The average Bonchev–Trinajstić information content (AvgIpc) is 2.38. The van der Waals surface area contributed by atoms with Crippen molar-refractivity contribution in [2.75, 3.05) is 25.6 Å². The number of nitrogens with zero attached hydrogens (tertiary/aromatic N) is 3. The Balaban J connectivity index is 2.44. The molecule has 0 aromatic carbocycles. The molecule has 5 nitrogen and oxygen atoms in total. The van der Waals surface area contributed by atoms with E-state index in [1.165, 1.54) is 13.3 Å². The maximum atomic E-state index is 10.9. The van der Waals surface area contributed by atoms with E-state index in [0.29, 0.717) is 24.9 Å². The highest BCUT2D eigenvalue weighted by atomic mass is 16.5. The molecule has 0 radical (unpaired) electrons. The summed E-state index contributed by atoms with van der Waals surface area (Å²) in [6.07, 6.45) is 2.65. The lowest BCUT2D eigenvalue weighted by Crippen LogP contribution is -2.20. The monoisotopic (exact) mass is 233 g/mol. The zero-order chi connectivity index (χ0) is 12.7. The van der Waals surface area contributed by atoms with Gasteiger partial charge in [0.2, 0.25) is 0 Å². The number of anilines is 1. The molecule has 0 spiro atoms. The van der Waals surface area contributed by atoms with Crippen LogP contribution in [0.4, 0.5) is 5.82 Å². The summed E-state index contributed by atoms with van der Waals surface area (Å²) >= 11 is 0. The first-order valence-electron chi connectivity index (χ1n) is 5.31. The van der Waals surface area contributed by atoms with Gasteiger partial charge in [-0.3, -0.25) is 4.79 Å². The summed E-state index contributed by atoms with van der Waals surface area (Å²) in [6, 6.07) is 5.53. The second-order valence-electron chi connectivity index (χ2n) is 3.62. The summed E-state index contributed by atoms with van der Waals surface area (Å²) in [5.74, 6) is 0.583. The third-order valence-electron chi connectivity index (χ3n) is 2.37. The van der Waals surface area contributed by atoms with Gasteiger partial charge in [0, 0.05) is 26.2 Å². The van der Waals surface area contributed by atoms with Gasteiger partial charge in [0.15, 0.2) is 0 Å². The van der Waals surface area contributed by atoms with Gasteiger partial charge in [-0.1, -0.05) is 0 Å². The molecule has 0 aliphatic heterocycles. The highest BCUT2D eigenvalue weighted by Gasteiger charge is 2.04. The van der Waals surface area contributed by atoms with E-state index in [0.717, 1.165) is 5.82 Å². The Morgan fingerprint density at radius 3 is 2.88 bits per heavy atom. The maximum absolute atomic E-state index is 10.9. The van der Waals surface area contributed by atoms with E-state index in [2.05, 4.69) is 9.72 Å². The number of rotatable bonds is 5. The van der Waals surface area contributed by atoms with Crippen molar-refractivity contribution in [2.24, 2.45) is 0 Å². The molecular formula is C12H15N3O2. The molecule has 0 aliphatic carbocycles. The van der Waals surface area contributed by atoms with Crippen LogP contribution in [0.5, 0.6) is 0 Å². The molecule has 0 aliphatic rings. The van der Waals surface area contributed by atoms with Gasteiger partial charge < -0.3 is 9.64 Å². The number of nitriles is 1. The Kier molecular flexibility index (Phi) is 4.95. The number of hydrogen-bond acceptors (Lipinski definition) is 5. The second kappa shape index (κ2) is 6.48. The number of methoxy groups -OCH3 is 1. The molecule has 0 N–H and O–H groups in total. The van der Waals surface area contributed by atoms with Gasteiger partial charge in [-0.05, 0) is 18.6 Å². The molecule has 1 aromatic rings. The molecule has 0 saturated heterocycles. The summed E-state index contributed by atoms with van der Waals surface area (Å²) < 4.78 is 4.56. The molecule has 0 saturated carbocycles. The minimum atomic E-state index is -0.203. The van der Waals surface area contributed by atoms with Crippen molar-refractivity contribution in [3.63, 3.8) is 0 Å². The Morgan fingerprint density at radius 2 is 2.35 bits per heavy atom. The third kappa shape index (κ3) is 4.11. The standard InChI is InChI=1S/C12H15N3O2/c1-15(7-3-4-12(16)17-2)11-6-5-10(8-13)9-14-11/h5-6,9H,3-4,7H2,1-2H3. The summed E-state index contributed by atoms with van der Waals surface area (Å²) in [5, 5.41) is 8.64. The predicted molar refractivity (Wildman–Crippen MR) is 63.5 cm³/mol. The molecule has 0 bridgehead atoms. The van der Waals surface area contributed by atoms with E-state index in [-0.39, 0.29) is 5.97 Å². The van der Waals surface area contributed by atoms with Gasteiger partial charge in [0.25, 0.3) is 0 Å². The lowest BCUT2D eigenvalue weighted by atomic mass is 10.3. The summed E-state index contributed by atoms with van der Waals surface area (Å²) in [5.41, 5.74) is 0.539. The van der Waals surface area contributed by atoms with Gasteiger partial charge in [-0.2, -0.15) is 5.26 Å². The maximum Gasteiger partial charge on any atom is 0.305 e. The van der Waals surface area contributed by atoms with Crippen LogP contribution in [0.3, 0.4) is 0 Å². The van der Waals surface area contributed by atoms with Crippen molar-refractivity contribution in [2.45, 2.75) is 12.8 Å². The highest BCUT2D eigenvalue weighted by molar-refractivity contribution is 5.69. The first-order chi connectivity index (χ1) is 8.17. The van der Waals surface area contributed by atoms with E-state index < -0.39 is 0 Å². The lowest BCUT2D eigenvalue weighted by Gasteiger charge is -2.17. The fourth-order valence-corrected chi connectivity index (χ4v) is 1.36. The number of hydrogen-bond donors (Lipinski definition) is 0. The zero-order valence-corrected chi connectivity index (χ0v) is 10.0. The largest absolute Gasteiger partial charge is 0.469 e. The molecule has 0 unspecified atom stereocenters. The average molecular weight is 233 g/mol. The number of carbonyl (C=O) groups is 1. The third-order valence-corrected chi connectivity index (χ3v) is 2.37. The van der Waals surface area contributed by atoms with Crippen molar-refractivity contribution in [3.8, 4) is 6.07 Å². The van der Waals surface area contributed by atoms with E-state index >= 15 is 0 Å². The van der Waals surface area contributed by atoms with Crippen molar-refractivity contribution in [1.82, 2.24) is 4.98 Å². The molecule has 1 aromatic heterocycles. The van der Waals surface area contributed by atoms with Crippen LogP contribution in [-0.4, -0.2) is 31.7 Å². The number of esters is 1. The normalized spacial score (nSPS) is 9.47. The quantitative estimate of drug-likeness (QED) is 0.718. The second-order valence-corrected chi connectivity index (χ2v) is 3.62. The van der Waals surface area contributed by atoms with Gasteiger partial charge in [0.05, 0.1) is 12.7 Å². The van der Waals surface area contributed by atoms with Crippen molar-refractivity contribution >= 4 is 11.8 Å². The Hall–Kier alpha value is -2.09. The van der Waals surface area contributed by atoms with Gasteiger partial charge in [-0.15, -0.1) is 0 Å². The van der Waals surface area contributed by atoms with E-state index in [4.69, 9.17) is 5.26 Å². The fraction of sp³-hybridized carbons (Fsp3) is 0.417. The van der Waals surface area contributed by atoms with Crippen molar-refractivity contribution in [3.05, 3.63) is 23.9 Å². The lowest BCUT2D eigenvalue weighted by molar-refractivity contribution is -0.140. The SMILES string of the molecule is COC(=O)CCCN(C)c1ccc(C#N)cn1. The molecule has 90 valence electrons. The number of pyridine rings is 1. The molecule has 0 fully saturated rings. The van der Waals surface area contributed by atoms with Gasteiger partial charge in [0.1, 0.15) is 11.9 Å². The highest BCUT2D eigenvalue weighted by Crippen LogP contribution is 2.09. The molecule has 1 rings (SSSR count). The first-order valence-corrected chi connectivity index (χ1v) is 5.31. The van der Waals surface area contributed by atoms with Gasteiger partial charge >= 0.3 is 5.97 Å². The van der Waals surface area contributed by atoms with E-state index in [9.17, 15) is 4.79 Å². The van der Waals surface area contributed by atoms with Crippen LogP contribution in [0.15, 0.2) is 18.3 Å². The summed E-state index contributed by atoms with van der Waals surface area (Å²) in [4.78, 5) is 17.0. The van der Waals surface area contributed by atoms with E-state index in [1.54, 1.807) is 12.1 Å².